The molecule has 1 aliphatic rings. The fourth-order valence-corrected chi connectivity index (χ4v) is 3.00. The van der Waals surface area contributed by atoms with Crippen LogP contribution in [0, 0.1) is 11.3 Å². The van der Waals surface area contributed by atoms with Gasteiger partial charge in [-0.15, -0.1) is 0 Å². The number of carbonyl (C=O) groups excluding carboxylic acids is 1. The number of unbranched alkanes of at least 4 members (excludes halogenated alkanes) is 1. The lowest BCUT2D eigenvalue weighted by atomic mass is 9.62. The van der Waals surface area contributed by atoms with Crippen LogP contribution in [0.4, 0.5) is 0 Å². The Hall–Kier alpha value is -0.680. The summed E-state index contributed by atoms with van der Waals surface area (Å²) in [4.78, 5) is 14.9. The highest BCUT2D eigenvalue weighted by molar-refractivity contribution is 7.80. The van der Waals surface area contributed by atoms with Crippen LogP contribution in [0.5, 0.6) is 0 Å². The van der Waals surface area contributed by atoms with Gasteiger partial charge in [-0.1, -0.05) is 19.1 Å². The third-order valence-corrected chi connectivity index (χ3v) is 4.80. The van der Waals surface area contributed by atoms with Crippen molar-refractivity contribution < 1.29 is 4.79 Å². The second-order valence-corrected chi connectivity index (χ2v) is 6.94. The predicted octanol–water partition coefficient (Wildman–Crippen LogP) is 1.93. The van der Waals surface area contributed by atoms with Crippen LogP contribution in [-0.2, 0) is 4.79 Å². The second kappa shape index (κ2) is 7.36. The van der Waals surface area contributed by atoms with Gasteiger partial charge in [0, 0.05) is 12.6 Å². The van der Waals surface area contributed by atoms with E-state index in [1.54, 1.807) is 0 Å². The maximum absolute atomic E-state index is 12.3. The average molecular weight is 299 g/mol. The van der Waals surface area contributed by atoms with Gasteiger partial charge in [0.2, 0.25) is 5.91 Å². The molecule has 0 atom stereocenters. The average Bonchev–Trinajstić information content (AvgIpc) is 2.33. The van der Waals surface area contributed by atoms with Gasteiger partial charge < -0.3 is 16.0 Å². The van der Waals surface area contributed by atoms with Gasteiger partial charge in [0.1, 0.15) is 0 Å². The summed E-state index contributed by atoms with van der Waals surface area (Å²) in [5.74, 6) is 0.572. The number of nitrogens with one attached hydrogen (secondary N) is 1. The second-order valence-electron chi connectivity index (χ2n) is 6.50. The Kier molecular flexibility index (Phi) is 6.40. The van der Waals surface area contributed by atoms with Crippen LogP contribution in [0.1, 0.15) is 46.5 Å². The molecule has 0 aromatic heterocycles. The van der Waals surface area contributed by atoms with Crippen molar-refractivity contribution >= 4 is 23.1 Å². The number of nitrogens with zero attached hydrogens (tertiary/aromatic N) is 1. The molecule has 1 saturated carbocycles. The molecule has 1 aliphatic carbocycles. The lowest BCUT2D eigenvalue weighted by Crippen LogP contribution is -2.56. The monoisotopic (exact) mass is 299 g/mol. The van der Waals surface area contributed by atoms with Crippen LogP contribution in [0.25, 0.3) is 0 Å². The number of hydrogen-bond donors (Lipinski definition) is 2. The summed E-state index contributed by atoms with van der Waals surface area (Å²) in [5.41, 5.74) is 5.20. The molecule has 3 N–H and O–H groups in total. The molecule has 116 valence electrons. The van der Waals surface area contributed by atoms with Crippen molar-refractivity contribution in [3.05, 3.63) is 0 Å². The van der Waals surface area contributed by atoms with E-state index in [0.717, 1.165) is 32.2 Å². The lowest BCUT2D eigenvalue weighted by molar-refractivity contribution is -0.132. The molecule has 0 bridgehead atoms. The van der Waals surface area contributed by atoms with Crippen molar-refractivity contribution in [2.45, 2.75) is 52.5 Å². The van der Waals surface area contributed by atoms with E-state index in [-0.39, 0.29) is 5.91 Å². The van der Waals surface area contributed by atoms with E-state index in [9.17, 15) is 4.79 Å². The summed E-state index contributed by atoms with van der Waals surface area (Å²) in [6, 6.07) is 0.568. The van der Waals surface area contributed by atoms with Gasteiger partial charge in [-0.2, -0.15) is 0 Å². The van der Waals surface area contributed by atoms with Crippen LogP contribution >= 0.6 is 12.2 Å². The van der Waals surface area contributed by atoms with E-state index < -0.39 is 5.41 Å². The zero-order chi connectivity index (χ0) is 15.3. The van der Waals surface area contributed by atoms with E-state index in [4.69, 9.17) is 18.0 Å². The fraction of sp³-hybridized carbons (Fsp3) is 0.867. The van der Waals surface area contributed by atoms with Gasteiger partial charge in [-0.3, -0.25) is 4.79 Å². The number of amides is 1. The van der Waals surface area contributed by atoms with Crippen LogP contribution < -0.4 is 11.1 Å². The van der Waals surface area contributed by atoms with Crippen molar-refractivity contribution in [1.29, 1.82) is 0 Å². The molecule has 0 saturated heterocycles. The molecular weight excluding hydrogens is 270 g/mol. The van der Waals surface area contributed by atoms with Gasteiger partial charge >= 0.3 is 0 Å². The van der Waals surface area contributed by atoms with Gasteiger partial charge in [-0.05, 0) is 59.0 Å². The molecule has 1 amide bonds. The van der Waals surface area contributed by atoms with Crippen molar-refractivity contribution in [3.8, 4) is 0 Å². The largest absolute Gasteiger partial charge is 0.392 e. The summed E-state index contributed by atoms with van der Waals surface area (Å²) in [5, 5.41) is 3.01. The maximum Gasteiger partial charge on any atom is 0.233 e. The molecule has 4 nitrogen and oxygen atoms in total. The Balaban J connectivity index is 2.25. The number of thiocarbonyl (C=S) groups is 1. The topological polar surface area (TPSA) is 58.4 Å². The first-order valence-corrected chi connectivity index (χ1v) is 7.99. The molecule has 0 unspecified atom stereocenters. The van der Waals surface area contributed by atoms with Crippen LogP contribution in [0.3, 0.4) is 0 Å². The molecule has 1 rings (SSSR count). The Labute approximate surface area is 128 Å². The lowest BCUT2D eigenvalue weighted by Gasteiger charge is -2.44. The minimum absolute atomic E-state index is 0.0281. The predicted molar refractivity (Wildman–Crippen MR) is 87.6 cm³/mol. The minimum Gasteiger partial charge on any atom is -0.392 e. The first kappa shape index (κ1) is 17.4. The number of nitrogens with two attached hydrogens (primary N) is 1. The quantitative estimate of drug-likeness (QED) is 0.531. The van der Waals surface area contributed by atoms with Crippen LogP contribution in [0.2, 0.25) is 0 Å². The van der Waals surface area contributed by atoms with E-state index in [2.05, 4.69) is 38.0 Å². The summed E-state index contributed by atoms with van der Waals surface area (Å²) in [6.45, 7) is 8.27. The summed E-state index contributed by atoms with van der Waals surface area (Å²) < 4.78 is 0. The van der Waals surface area contributed by atoms with Crippen molar-refractivity contribution in [1.82, 2.24) is 10.2 Å². The first-order valence-electron chi connectivity index (χ1n) is 7.58. The van der Waals surface area contributed by atoms with Gasteiger partial charge in [0.05, 0.1) is 10.4 Å². The Morgan fingerprint density at radius 1 is 1.45 bits per heavy atom. The van der Waals surface area contributed by atoms with Crippen molar-refractivity contribution in [2.24, 2.45) is 17.1 Å². The molecule has 20 heavy (non-hydrogen) atoms. The van der Waals surface area contributed by atoms with E-state index >= 15 is 0 Å². The zero-order valence-corrected chi connectivity index (χ0v) is 14.1. The van der Waals surface area contributed by atoms with Crippen molar-refractivity contribution in [2.75, 3.05) is 20.1 Å². The summed E-state index contributed by atoms with van der Waals surface area (Å²) >= 11 is 5.08. The Morgan fingerprint density at radius 3 is 2.50 bits per heavy atom. The van der Waals surface area contributed by atoms with Crippen LogP contribution in [-0.4, -0.2) is 42.0 Å². The highest BCUT2D eigenvalue weighted by Crippen LogP contribution is 2.45. The summed E-state index contributed by atoms with van der Waals surface area (Å²) in [6.07, 6.45) is 3.67. The van der Waals surface area contributed by atoms with E-state index in [1.807, 2.05) is 0 Å². The molecule has 0 aromatic carbocycles. The standard InChI is InChI=1S/C15H29N3OS/c1-11(2)18(4)8-6-5-7-17-14(19)15(13(16)20)9-12(3)10-15/h11-12H,5-10H2,1-4H3,(H2,16,20)(H,17,19). The summed E-state index contributed by atoms with van der Waals surface area (Å²) in [7, 11) is 2.13. The molecule has 1 fully saturated rings. The maximum atomic E-state index is 12.3. The normalized spacial score (nSPS) is 25.6. The number of carbonyl (C=O) groups is 1. The van der Waals surface area contributed by atoms with Crippen LogP contribution in [0.15, 0.2) is 0 Å². The third-order valence-electron chi connectivity index (χ3n) is 4.40. The molecule has 0 spiro atoms. The third kappa shape index (κ3) is 4.16. The SMILES string of the molecule is CC1CC(C(=O)NCCCCN(C)C(C)C)(C(N)=S)C1. The minimum atomic E-state index is -0.566. The first-order chi connectivity index (χ1) is 9.29. The fourth-order valence-electron chi connectivity index (χ4n) is 2.74. The Bertz CT molecular complexity index is 351. The molecule has 5 heteroatoms. The molecule has 0 radical (unpaired) electrons. The van der Waals surface area contributed by atoms with Gasteiger partial charge in [0.25, 0.3) is 0 Å². The number of rotatable bonds is 8. The van der Waals surface area contributed by atoms with Crippen molar-refractivity contribution in [3.63, 3.8) is 0 Å². The van der Waals surface area contributed by atoms with Gasteiger partial charge in [-0.25, -0.2) is 0 Å². The van der Waals surface area contributed by atoms with E-state index in [0.29, 0.717) is 23.5 Å². The molecule has 0 heterocycles. The smallest absolute Gasteiger partial charge is 0.233 e. The highest BCUT2D eigenvalue weighted by atomic mass is 32.1. The number of hydrogen-bond acceptors (Lipinski definition) is 3. The highest BCUT2D eigenvalue weighted by Gasteiger charge is 2.50. The molecule has 0 aliphatic heterocycles. The van der Waals surface area contributed by atoms with Gasteiger partial charge in [0.15, 0.2) is 0 Å². The Morgan fingerprint density at radius 2 is 2.05 bits per heavy atom. The van der Waals surface area contributed by atoms with E-state index in [1.165, 1.54) is 0 Å². The zero-order valence-electron chi connectivity index (χ0n) is 13.2. The molecular formula is C15H29N3OS. The molecule has 0 aromatic rings.